The molecule has 0 radical (unpaired) electrons. The van der Waals surface area contributed by atoms with Gasteiger partial charge in [-0.2, -0.15) is 10.2 Å². The number of amides is 1. The van der Waals surface area contributed by atoms with Crippen LogP contribution in [0.2, 0.25) is 0 Å². The zero-order valence-corrected chi connectivity index (χ0v) is 13.6. The van der Waals surface area contributed by atoms with Crippen molar-refractivity contribution < 1.29 is 14.3 Å². The lowest BCUT2D eigenvalue weighted by atomic mass is 10.2. The molecule has 3 aromatic rings. The van der Waals surface area contributed by atoms with E-state index < -0.39 is 5.91 Å². The topological polar surface area (TPSA) is 104 Å². The van der Waals surface area contributed by atoms with Gasteiger partial charge in [-0.15, -0.1) is 0 Å². The number of hydrogen-bond acceptors (Lipinski definition) is 6. The first-order chi connectivity index (χ1) is 12.7. The van der Waals surface area contributed by atoms with Gasteiger partial charge in [0.05, 0.1) is 18.1 Å². The Labute approximate surface area is 148 Å². The van der Waals surface area contributed by atoms with E-state index in [-0.39, 0.29) is 18.2 Å². The van der Waals surface area contributed by atoms with E-state index in [4.69, 9.17) is 15.2 Å². The van der Waals surface area contributed by atoms with Crippen molar-refractivity contribution in [1.82, 2.24) is 15.2 Å². The Bertz CT molecular complexity index is 982. The van der Waals surface area contributed by atoms with Crippen LogP contribution in [0.15, 0.2) is 59.8 Å². The highest BCUT2D eigenvalue weighted by Crippen LogP contribution is 2.31. The van der Waals surface area contributed by atoms with E-state index in [1.807, 2.05) is 36.4 Å². The summed E-state index contributed by atoms with van der Waals surface area (Å²) >= 11 is 0. The maximum absolute atomic E-state index is 12.3. The summed E-state index contributed by atoms with van der Waals surface area (Å²) in [7, 11) is 0. The van der Waals surface area contributed by atoms with Crippen molar-refractivity contribution in [3.05, 3.63) is 65.9 Å². The fraction of sp³-hybridized carbons (Fsp3) is 0.0556. The van der Waals surface area contributed by atoms with Gasteiger partial charge in [-0.1, -0.05) is 18.2 Å². The van der Waals surface area contributed by atoms with Crippen molar-refractivity contribution in [1.29, 1.82) is 0 Å². The smallest absolute Gasteiger partial charge is 0.276 e. The van der Waals surface area contributed by atoms with E-state index in [0.717, 1.165) is 11.3 Å². The van der Waals surface area contributed by atoms with Gasteiger partial charge in [0.1, 0.15) is 11.4 Å². The lowest BCUT2D eigenvalue weighted by molar-refractivity contribution is 0.0956. The highest BCUT2D eigenvalue weighted by Gasteiger charge is 2.16. The fourth-order valence-electron chi connectivity index (χ4n) is 2.53. The minimum Gasteiger partial charge on any atom is -0.454 e. The van der Waals surface area contributed by atoms with Gasteiger partial charge in [0.25, 0.3) is 5.91 Å². The van der Waals surface area contributed by atoms with Gasteiger partial charge >= 0.3 is 0 Å². The molecule has 1 amide bonds. The quantitative estimate of drug-likeness (QED) is 0.553. The van der Waals surface area contributed by atoms with Crippen LogP contribution in [0.3, 0.4) is 0 Å². The fourth-order valence-corrected chi connectivity index (χ4v) is 2.53. The molecule has 0 fully saturated rings. The average molecular weight is 349 g/mol. The third kappa shape index (κ3) is 2.95. The molecule has 4 rings (SSSR count). The van der Waals surface area contributed by atoms with Crippen LogP contribution in [0.1, 0.15) is 15.9 Å². The summed E-state index contributed by atoms with van der Waals surface area (Å²) in [4.78, 5) is 12.3. The number of carbonyl (C=O) groups is 1. The van der Waals surface area contributed by atoms with Crippen LogP contribution in [0.4, 0.5) is 5.82 Å². The maximum atomic E-state index is 12.3. The predicted octanol–water partition coefficient (Wildman–Crippen LogP) is 1.95. The molecule has 2 heterocycles. The predicted molar refractivity (Wildman–Crippen MR) is 95.6 cm³/mol. The van der Waals surface area contributed by atoms with Crippen LogP contribution in [-0.4, -0.2) is 28.7 Å². The second-order valence-electron chi connectivity index (χ2n) is 5.50. The number of para-hydroxylation sites is 1. The molecule has 8 heteroatoms. The van der Waals surface area contributed by atoms with Crippen LogP contribution in [0.5, 0.6) is 11.5 Å². The van der Waals surface area contributed by atoms with E-state index in [0.29, 0.717) is 11.5 Å². The molecule has 26 heavy (non-hydrogen) atoms. The lowest BCUT2D eigenvalue weighted by Crippen LogP contribution is -2.18. The standard InChI is InChI=1S/C18H15N5O3/c19-17-14(10-21-23(17)13-4-2-1-3-5-13)18(24)22-20-9-12-6-7-15-16(8-12)26-11-25-15/h1-10H,11,19H2,(H,22,24)/b20-9-. The number of fused-ring (bicyclic) bond motifs is 1. The van der Waals surface area contributed by atoms with E-state index in [9.17, 15) is 4.79 Å². The number of hydrogen-bond donors (Lipinski definition) is 2. The summed E-state index contributed by atoms with van der Waals surface area (Å²) < 4.78 is 12.0. The number of carbonyl (C=O) groups excluding carboxylic acids is 1. The number of rotatable bonds is 4. The second kappa shape index (κ2) is 6.60. The summed E-state index contributed by atoms with van der Waals surface area (Å²) in [6.07, 6.45) is 2.92. The van der Waals surface area contributed by atoms with Gasteiger partial charge in [-0.25, -0.2) is 10.1 Å². The monoisotopic (exact) mass is 349 g/mol. The van der Waals surface area contributed by atoms with Crippen LogP contribution in [0.25, 0.3) is 5.69 Å². The number of ether oxygens (including phenoxy) is 2. The molecule has 0 atom stereocenters. The molecule has 0 unspecified atom stereocenters. The Morgan fingerprint density at radius 3 is 2.85 bits per heavy atom. The Kier molecular flexibility index (Phi) is 3.98. The molecule has 1 aromatic heterocycles. The summed E-state index contributed by atoms with van der Waals surface area (Å²) in [5.74, 6) is 1.13. The number of aromatic nitrogens is 2. The van der Waals surface area contributed by atoms with E-state index >= 15 is 0 Å². The molecule has 130 valence electrons. The highest BCUT2D eigenvalue weighted by molar-refractivity contribution is 5.99. The SMILES string of the molecule is Nc1c(C(=O)N/N=C\c2ccc3c(c2)OCO3)cnn1-c1ccccc1. The zero-order valence-electron chi connectivity index (χ0n) is 13.6. The first-order valence-corrected chi connectivity index (χ1v) is 7.84. The van der Waals surface area contributed by atoms with Crippen LogP contribution in [0, 0.1) is 0 Å². The minimum absolute atomic E-state index is 0.206. The summed E-state index contributed by atoms with van der Waals surface area (Å²) in [5, 5.41) is 8.11. The molecule has 8 nitrogen and oxygen atoms in total. The third-order valence-corrected chi connectivity index (χ3v) is 3.83. The van der Waals surface area contributed by atoms with Gasteiger partial charge in [0, 0.05) is 0 Å². The molecule has 3 N–H and O–H groups in total. The first kappa shape index (κ1) is 15.7. The zero-order chi connectivity index (χ0) is 17.9. The summed E-state index contributed by atoms with van der Waals surface area (Å²) in [6, 6.07) is 14.7. The molecular formula is C18H15N5O3. The average Bonchev–Trinajstić information content (AvgIpc) is 3.28. The second-order valence-corrected chi connectivity index (χ2v) is 5.50. The van der Waals surface area contributed by atoms with Crippen molar-refractivity contribution in [2.75, 3.05) is 12.5 Å². The van der Waals surface area contributed by atoms with Crippen molar-refractivity contribution in [2.45, 2.75) is 0 Å². The molecule has 2 aromatic carbocycles. The molecule has 0 saturated carbocycles. The van der Waals surface area contributed by atoms with E-state index in [1.54, 1.807) is 12.1 Å². The van der Waals surface area contributed by atoms with Crippen molar-refractivity contribution in [2.24, 2.45) is 5.10 Å². The molecule has 0 aliphatic carbocycles. The molecule has 0 bridgehead atoms. The maximum Gasteiger partial charge on any atom is 0.276 e. The molecular weight excluding hydrogens is 334 g/mol. The largest absolute Gasteiger partial charge is 0.454 e. The number of nitrogen functional groups attached to an aromatic ring is 1. The number of nitrogens with zero attached hydrogens (tertiary/aromatic N) is 3. The van der Waals surface area contributed by atoms with Gasteiger partial charge in [0.2, 0.25) is 6.79 Å². The molecule has 1 aliphatic rings. The third-order valence-electron chi connectivity index (χ3n) is 3.83. The van der Waals surface area contributed by atoms with Crippen molar-refractivity contribution >= 4 is 17.9 Å². The highest BCUT2D eigenvalue weighted by atomic mass is 16.7. The Hall–Kier alpha value is -3.81. The summed E-state index contributed by atoms with van der Waals surface area (Å²) in [6.45, 7) is 0.206. The summed E-state index contributed by atoms with van der Waals surface area (Å²) in [5.41, 5.74) is 10.3. The first-order valence-electron chi connectivity index (χ1n) is 7.84. The Morgan fingerprint density at radius 2 is 2.00 bits per heavy atom. The minimum atomic E-state index is -0.443. The van der Waals surface area contributed by atoms with Gasteiger partial charge < -0.3 is 15.2 Å². The van der Waals surface area contributed by atoms with Gasteiger partial charge in [0.15, 0.2) is 11.5 Å². The molecule has 0 spiro atoms. The van der Waals surface area contributed by atoms with E-state index in [1.165, 1.54) is 17.1 Å². The van der Waals surface area contributed by atoms with Gasteiger partial charge in [-0.3, -0.25) is 4.79 Å². The van der Waals surface area contributed by atoms with Crippen molar-refractivity contribution in [3.8, 4) is 17.2 Å². The van der Waals surface area contributed by atoms with Gasteiger partial charge in [-0.05, 0) is 35.9 Å². The van der Waals surface area contributed by atoms with Crippen LogP contribution < -0.4 is 20.6 Å². The number of benzene rings is 2. The van der Waals surface area contributed by atoms with Crippen LogP contribution >= 0.6 is 0 Å². The van der Waals surface area contributed by atoms with Crippen molar-refractivity contribution in [3.63, 3.8) is 0 Å². The number of nitrogens with one attached hydrogen (secondary N) is 1. The lowest BCUT2D eigenvalue weighted by Gasteiger charge is -2.04. The van der Waals surface area contributed by atoms with Crippen LogP contribution in [-0.2, 0) is 0 Å². The van der Waals surface area contributed by atoms with E-state index in [2.05, 4.69) is 15.6 Å². The number of anilines is 1. The number of nitrogens with two attached hydrogens (primary N) is 1. The number of hydrazone groups is 1. The normalized spacial score (nSPS) is 12.5. The molecule has 0 saturated heterocycles. The Balaban J connectivity index is 1.46. The molecule has 1 aliphatic heterocycles. The Morgan fingerprint density at radius 1 is 1.19 bits per heavy atom.